The average Bonchev–Trinajstić information content (AvgIpc) is 3.26. The van der Waals surface area contributed by atoms with E-state index in [0.717, 1.165) is 39.2 Å². The summed E-state index contributed by atoms with van der Waals surface area (Å²) < 4.78 is 5.42. The van der Waals surface area contributed by atoms with Crippen LogP contribution in [0, 0.1) is 0 Å². The lowest BCUT2D eigenvalue weighted by molar-refractivity contribution is 0.433. The number of fused-ring (bicyclic) bond motifs is 1. The summed E-state index contributed by atoms with van der Waals surface area (Å²) >= 11 is 1.61. The van der Waals surface area contributed by atoms with Gasteiger partial charge in [-0.1, -0.05) is 24.2 Å². The zero-order valence-electron chi connectivity index (χ0n) is 12.0. The van der Waals surface area contributed by atoms with Gasteiger partial charge in [-0.2, -0.15) is 4.98 Å². The second kappa shape index (κ2) is 5.38. The first-order chi connectivity index (χ1) is 10.8. The average molecular weight is 310 g/mol. The number of hydrogen-bond acceptors (Lipinski definition) is 5. The minimum atomic E-state index is 0.530. The number of thiazole rings is 1. The minimum absolute atomic E-state index is 0.530. The van der Waals surface area contributed by atoms with E-state index in [1.165, 1.54) is 0 Å². The molecular formula is C16H14N4OS. The molecular weight excluding hydrogens is 296 g/mol. The summed E-state index contributed by atoms with van der Waals surface area (Å²) in [7, 11) is 0. The molecule has 0 atom stereocenters. The van der Waals surface area contributed by atoms with Crippen molar-refractivity contribution < 1.29 is 4.52 Å². The molecule has 0 unspecified atom stereocenters. The number of H-pyrrole nitrogens is 1. The molecule has 1 N–H and O–H groups in total. The van der Waals surface area contributed by atoms with E-state index in [2.05, 4.69) is 27.0 Å². The van der Waals surface area contributed by atoms with Gasteiger partial charge in [-0.25, -0.2) is 4.98 Å². The molecule has 5 nitrogen and oxygen atoms in total. The Labute approximate surface area is 131 Å². The lowest BCUT2D eigenvalue weighted by Gasteiger charge is -1.96. The van der Waals surface area contributed by atoms with Gasteiger partial charge in [0, 0.05) is 22.7 Å². The highest BCUT2D eigenvalue weighted by molar-refractivity contribution is 7.15. The van der Waals surface area contributed by atoms with Crippen LogP contribution in [0.4, 0.5) is 0 Å². The predicted octanol–water partition coefficient (Wildman–Crippen LogP) is 4.29. The van der Waals surface area contributed by atoms with Crippen molar-refractivity contribution >= 4 is 22.2 Å². The third-order valence-corrected chi connectivity index (χ3v) is 4.54. The largest absolute Gasteiger partial charge is 0.361 e. The van der Waals surface area contributed by atoms with Gasteiger partial charge >= 0.3 is 0 Å². The van der Waals surface area contributed by atoms with E-state index < -0.39 is 0 Å². The number of aromatic amines is 1. The number of aryl methyl sites for hydroxylation is 1. The Balaban J connectivity index is 1.73. The standard InChI is InChI=1S/C16H14N4OS/c1-2-4-14-18-9-13(22-14)16-19-15(20-21-16)11-5-3-6-12-10(11)7-8-17-12/h3,5-9,17H,2,4H2,1H3. The first-order valence-electron chi connectivity index (χ1n) is 7.20. The van der Waals surface area contributed by atoms with Crippen molar-refractivity contribution in [3.05, 3.63) is 41.7 Å². The molecule has 0 radical (unpaired) electrons. The summed E-state index contributed by atoms with van der Waals surface area (Å²) in [6.07, 6.45) is 5.78. The molecule has 110 valence electrons. The van der Waals surface area contributed by atoms with E-state index >= 15 is 0 Å². The smallest absolute Gasteiger partial charge is 0.269 e. The number of rotatable bonds is 4. The Morgan fingerprint density at radius 1 is 1.27 bits per heavy atom. The number of nitrogens with zero attached hydrogens (tertiary/aromatic N) is 3. The predicted molar refractivity (Wildman–Crippen MR) is 86.7 cm³/mol. The molecule has 0 saturated carbocycles. The van der Waals surface area contributed by atoms with E-state index in [1.54, 1.807) is 11.3 Å². The molecule has 0 bridgehead atoms. The molecule has 0 aliphatic rings. The van der Waals surface area contributed by atoms with Gasteiger partial charge in [-0.3, -0.25) is 0 Å². The van der Waals surface area contributed by atoms with Crippen LogP contribution in [-0.4, -0.2) is 20.1 Å². The fourth-order valence-corrected chi connectivity index (χ4v) is 3.39. The van der Waals surface area contributed by atoms with Crippen LogP contribution < -0.4 is 0 Å². The maximum atomic E-state index is 5.42. The highest BCUT2D eigenvalue weighted by Crippen LogP contribution is 2.30. The number of benzene rings is 1. The third-order valence-electron chi connectivity index (χ3n) is 3.49. The summed E-state index contributed by atoms with van der Waals surface area (Å²) in [5.41, 5.74) is 2.03. The molecule has 4 aromatic rings. The molecule has 0 aliphatic heterocycles. The first-order valence-corrected chi connectivity index (χ1v) is 8.02. The third kappa shape index (κ3) is 2.21. The second-order valence-corrected chi connectivity index (χ2v) is 6.15. The summed E-state index contributed by atoms with van der Waals surface area (Å²) in [6, 6.07) is 8.03. The zero-order chi connectivity index (χ0) is 14.9. The number of hydrogen-bond donors (Lipinski definition) is 1. The van der Waals surface area contributed by atoms with E-state index in [4.69, 9.17) is 4.52 Å². The Morgan fingerprint density at radius 3 is 3.14 bits per heavy atom. The van der Waals surface area contributed by atoms with Gasteiger partial charge in [-0.15, -0.1) is 11.3 Å². The van der Waals surface area contributed by atoms with Gasteiger partial charge in [0.2, 0.25) is 5.82 Å². The summed E-state index contributed by atoms with van der Waals surface area (Å²) in [5.74, 6) is 1.13. The van der Waals surface area contributed by atoms with Crippen molar-refractivity contribution in [2.75, 3.05) is 0 Å². The highest BCUT2D eigenvalue weighted by Gasteiger charge is 2.15. The number of nitrogens with one attached hydrogen (secondary N) is 1. The van der Waals surface area contributed by atoms with Crippen LogP contribution in [-0.2, 0) is 6.42 Å². The van der Waals surface area contributed by atoms with Gasteiger partial charge in [0.25, 0.3) is 5.89 Å². The molecule has 1 aromatic carbocycles. The van der Waals surface area contributed by atoms with E-state index in [9.17, 15) is 0 Å². The molecule has 3 heterocycles. The number of aromatic nitrogens is 4. The molecule has 0 saturated heterocycles. The van der Waals surface area contributed by atoms with Crippen molar-refractivity contribution in [3.8, 4) is 22.2 Å². The lowest BCUT2D eigenvalue weighted by atomic mass is 10.1. The van der Waals surface area contributed by atoms with Crippen LogP contribution in [0.2, 0.25) is 0 Å². The molecule has 22 heavy (non-hydrogen) atoms. The van der Waals surface area contributed by atoms with Crippen molar-refractivity contribution in [2.45, 2.75) is 19.8 Å². The van der Waals surface area contributed by atoms with Crippen LogP contribution in [0.25, 0.3) is 33.1 Å². The Morgan fingerprint density at radius 2 is 2.23 bits per heavy atom. The van der Waals surface area contributed by atoms with Gasteiger partial charge in [0.15, 0.2) is 0 Å². The van der Waals surface area contributed by atoms with Gasteiger partial charge < -0.3 is 9.51 Å². The second-order valence-electron chi connectivity index (χ2n) is 5.04. The molecule has 0 spiro atoms. The maximum absolute atomic E-state index is 5.42. The minimum Gasteiger partial charge on any atom is -0.361 e. The Bertz CT molecular complexity index is 921. The first kappa shape index (κ1) is 13.2. The van der Waals surface area contributed by atoms with Crippen molar-refractivity contribution in [3.63, 3.8) is 0 Å². The fraction of sp³-hybridized carbons (Fsp3) is 0.188. The summed E-state index contributed by atoms with van der Waals surface area (Å²) in [6.45, 7) is 2.14. The lowest BCUT2D eigenvalue weighted by Crippen LogP contribution is -1.81. The molecule has 0 amide bonds. The van der Waals surface area contributed by atoms with Crippen molar-refractivity contribution in [2.24, 2.45) is 0 Å². The molecule has 0 fully saturated rings. The molecule has 4 rings (SSSR count). The van der Waals surface area contributed by atoms with Crippen molar-refractivity contribution in [1.82, 2.24) is 20.1 Å². The summed E-state index contributed by atoms with van der Waals surface area (Å²) in [5, 5.41) is 6.32. The van der Waals surface area contributed by atoms with Crippen LogP contribution >= 0.6 is 11.3 Å². The van der Waals surface area contributed by atoms with Crippen LogP contribution in [0.5, 0.6) is 0 Å². The van der Waals surface area contributed by atoms with Crippen LogP contribution in [0.1, 0.15) is 18.4 Å². The van der Waals surface area contributed by atoms with E-state index in [0.29, 0.717) is 11.7 Å². The quantitative estimate of drug-likeness (QED) is 0.610. The SMILES string of the molecule is CCCc1ncc(-c2nc(-c3cccc4[nH]ccc34)no2)s1. The van der Waals surface area contributed by atoms with Gasteiger partial charge in [0.1, 0.15) is 4.88 Å². The van der Waals surface area contributed by atoms with Crippen LogP contribution in [0.3, 0.4) is 0 Å². The Kier molecular flexibility index (Phi) is 3.23. The molecule has 3 aromatic heterocycles. The topological polar surface area (TPSA) is 67.6 Å². The van der Waals surface area contributed by atoms with Gasteiger partial charge in [-0.05, 0) is 25.0 Å². The zero-order valence-corrected chi connectivity index (χ0v) is 12.9. The summed E-state index contributed by atoms with van der Waals surface area (Å²) in [4.78, 5) is 13.0. The normalized spacial score (nSPS) is 11.3. The fourth-order valence-electron chi connectivity index (χ4n) is 2.45. The van der Waals surface area contributed by atoms with Gasteiger partial charge in [0.05, 0.1) is 11.2 Å². The highest BCUT2D eigenvalue weighted by atomic mass is 32.1. The molecule has 6 heteroatoms. The Hall–Kier alpha value is -2.47. The van der Waals surface area contributed by atoms with Crippen molar-refractivity contribution in [1.29, 1.82) is 0 Å². The monoisotopic (exact) mass is 310 g/mol. The van der Waals surface area contributed by atoms with Crippen LogP contribution in [0.15, 0.2) is 41.2 Å². The van der Waals surface area contributed by atoms with E-state index in [1.807, 2.05) is 36.7 Å². The maximum Gasteiger partial charge on any atom is 0.269 e. The van der Waals surface area contributed by atoms with E-state index in [-0.39, 0.29) is 0 Å². The molecule has 0 aliphatic carbocycles.